The largest absolute Gasteiger partial charge is 0.496 e. The van der Waals surface area contributed by atoms with E-state index in [2.05, 4.69) is 10.1 Å². The molecule has 0 spiro atoms. The molecule has 0 saturated carbocycles. The molecule has 0 bridgehead atoms. The smallest absolute Gasteiger partial charge is 0.282 e. The topological polar surface area (TPSA) is 135 Å². The van der Waals surface area contributed by atoms with Gasteiger partial charge in [-0.3, -0.25) is 14.9 Å². The standard InChI is InChI=1S/C29H20N4O7/c1-37-23-8-5-9-24-21(23)15-27(40-24)28-31-22-7-4-3-6-19(22)29(34)32(28)30-16-18-11-13-25(39-18)20-12-10-17(33(35)36)14-26(20)38-2/h3-16H,1-2H3. The van der Waals surface area contributed by atoms with Crippen LogP contribution in [0.5, 0.6) is 11.5 Å². The van der Waals surface area contributed by atoms with Gasteiger partial charge in [0.2, 0.25) is 5.82 Å². The number of ether oxygens (including phenoxy) is 2. The molecule has 11 heteroatoms. The summed E-state index contributed by atoms with van der Waals surface area (Å²) in [5.41, 5.74) is 1.09. The highest BCUT2D eigenvalue weighted by Crippen LogP contribution is 2.35. The third kappa shape index (κ3) is 4.25. The van der Waals surface area contributed by atoms with Crippen LogP contribution < -0.4 is 15.0 Å². The van der Waals surface area contributed by atoms with E-state index in [0.29, 0.717) is 45.1 Å². The molecule has 6 aromatic rings. The molecule has 11 nitrogen and oxygen atoms in total. The van der Waals surface area contributed by atoms with Crippen LogP contribution in [0, 0.1) is 10.1 Å². The number of hydrogen-bond donors (Lipinski definition) is 0. The molecular weight excluding hydrogens is 516 g/mol. The number of benzene rings is 3. The number of fused-ring (bicyclic) bond motifs is 2. The van der Waals surface area contributed by atoms with E-state index in [1.165, 1.54) is 25.5 Å². The summed E-state index contributed by atoms with van der Waals surface area (Å²) in [5, 5.41) is 16.6. The Kier molecular flexibility index (Phi) is 6.08. The maximum atomic E-state index is 13.5. The summed E-state index contributed by atoms with van der Waals surface area (Å²) in [4.78, 5) is 28.8. The molecule has 0 atom stereocenters. The Hall–Kier alpha value is -5.71. The first-order valence-electron chi connectivity index (χ1n) is 12.0. The van der Waals surface area contributed by atoms with Crippen LogP contribution in [0.3, 0.4) is 0 Å². The molecule has 0 aliphatic carbocycles. The maximum absolute atomic E-state index is 13.5. The summed E-state index contributed by atoms with van der Waals surface area (Å²) < 4.78 is 23.9. The monoisotopic (exact) mass is 536 g/mol. The van der Waals surface area contributed by atoms with E-state index in [-0.39, 0.29) is 17.3 Å². The fourth-order valence-electron chi connectivity index (χ4n) is 4.39. The van der Waals surface area contributed by atoms with Gasteiger partial charge in [-0.2, -0.15) is 9.78 Å². The zero-order valence-electron chi connectivity index (χ0n) is 21.2. The summed E-state index contributed by atoms with van der Waals surface area (Å²) >= 11 is 0. The number of aromatic nitrogens is 2. The second kappa shape index (κ2) is 9.87. The highest BCUT2D eigenvalue weighted by Gasteiger charge is 2.19. The molecular formula is C29H20N4O7. The van der Waals surface area contributed by atoms with Gasteiger partial charge in [-0.25, -0.2) is 4.98 Å². The number of rotatable bonds is 7. The number of methoxy groups -OCH3 is 2. The van der Waals surface area contributed by atoms with Crippen molar-refractivity contribution < 1.29 is 23.2 Å². The van der Waals surface area contributed by atoms with Crippen LogP contribution >= 0.6 is 0 Å². The van der Waals surface area contributed by atoms with E-state index in [0.717, 1.165) is 10.1 Å². The quantitative estimate of drug-likeness (QED) is 0.140. The van der Waals surface area contributed by atoms with Crippen LogP contribution in [0.1, 0.15) is 5.76 Å². The number of furan rings is 2. The Balaban J connectivity index is 1.44. The minimum Gasteiger partial charge on any atom is -0.496 e. The summed E-state index contributed by atoms with van der Waals surface area (Å²) in [5.74, 6) is 2.16. The van der Waals surface area contributed by atoms with Crippen molar-refractivity contribution in [1.82, 2.24) is 9.66 Å². The molecule has 0 unspecified atom stereocenters. The lowest BCUT2D eigenvalue weighted by atomic mass is 10.1. The predicted molar refractivity (Wildman–Crippen MR) is 148 cm³/mol. The second-order valence-electron chi connectivity index (χ2n) is 8.64. The van der Waals surface area contributed by atoms with Gasteiger partial charge in [0.15, 0.2) is 5.76 Å². The number of nitro groups is 1. The fraction of sp³-hybridized carbons (Fsp3) is 0.0690. The van der Waals surface area contributed by atoms with E-state index in [1.54, 1.807) is 61.7 Å². The van der Waals surface area contributed by atoms with E-state index >= 15 is 0 Å². The number of hydrogen-bond acceptors (Lipinski definition) is 9. The summed E-state index contributed by atoms with van der Waals surface area (Å²) in [6.07, 6.45) is 1.38. The van der Waals surface area contributed by atoms with Crippen molar-refractivity contribution in [2.75, 3.05) is 14.2 Å². The average Bonchev–Trinajstić information content (AvgIpc) is 3.63. The van der Waals surface area contributed by atoms with Gasteiger partial charge in [0.25, 0.3) is 11.2 Å². The first-order valence-corrected chi connectivity index (χ1v) is 12.0. The molecule has 40 heavy (non-hydrogen) atoms. The van der Waals surface area contributed by atoms with Crippen molar-refractivity contribution in [2.24, 2.45) is 5.10 Å². The summed E-state index contributed by atoms with van der Waals surface area (Å²) in [7, 11) is 2.99. The molecule has 0 aliphatic heterocycles. The Morgan fingerprint density at radius 1 is 0.900 bits per heavy atom. The molecule has 0 saturated heterocycles. The lowest BCUT2D eigenvalue weighted by molar-refractivity contribution is -0.384. The van der Waals surface area contributed by atoms with Crippen LogP contribution in [0.2, 0.25) is 0 Å². The summed E-state index contributed by atoms with van der Waals surface area (Å²) in [6, 6.07) is 21.7. The Morgan fingerprint density at radius 3 is 2.52 bits per heavy atom. The minimum absolute atomic E-state index is 0.104. The van der Waals surface area contributed by atoms with Crippen LogP contribution in [0.15, 0.2) is 97.6 Å². The van der Waals surface area contributed by atoms with Gasteiger partial charge >= 0.3 is 0 Å². The van der Waals surface area contributed by atoms with Crippen molar-refractivity contribution in [2.45, 2.75) is 0 Å². The molecule has 0 radical (unpaired) electrons. The van der Waals surface area contributed by atoms with Crippen LogP contribution in [0.4, 0.5) is 5.69 Å². The predicted octanol–water partition coefficient (Wildman–Crippen LogP) is 5.88. The molecule has 0 fully saturated rings. The third-order valence-corrected chi connectivity index (χ3v) is 6.30. The van der Waals surface area contributed by atoms with Gasteiger partial charge < -0.3 is 18.3 Å². The van der Waals surface area contributed by atoms with Gasteiger partial charge in [0.05, 0.1) is 53.3 Å². The molecule has 0 amide bonds. The molecule has 3 aromatic heterocycles. The Labute approximate surface area is 225 Å². The number of nitrogens with zero attached hydrogens (tertiary/aromatic N) is 4. The lowest BCUT2D eigenvalue weighted by Crippen LogP contribution is -2.20. The fourth-order valence-corrected chi connectivity index (χ4v) is 4.39. The van der Waals surface area contributed by atoms with Gasteiger partial charge in [-0.05, 0) is 48.5 Å². The highest BCUT2D eigenvalue weighted by atomic mass is 16.6. The molecule has 0 aliphatic rings. The van der Waals surface area contributed by atoms with E-state index < -0.39 is 10.5 Å². The van der Waals surface area contributed by atoms with Crippen molar-refractivity contribution >= 4 is 33.8 Å². The molecule has 3 heterocycles. The van der Waals surface area contributed by atoms with E-state index in [4.69, 9.17) is 18.3 Å². The third-order valence-electron chi connectivity index (χ3n) is 6.30. The van der Waals surface area contributed by atoms with Gasteiger partial charge in [0, 0.05) is 6.07 Å². The highest BCUT2D eigenvalue weighted by molar-refractivity contribution is 5.88. The normalized spacial score (nSPS) is 11.4. The lowest BCUT2D eigenvalue weighted by Gasteiger charge is -2.07. The number of para-hydroxylation sites is 1. The number of non-ortho nitro benzene ring substituents is 1. The van der Waals surface area contributed by atoms with Crippen molar-refractivity contribution in [3.63, 3.8) is 0 Å². The zero-order chi connectivity index (χ0) is 27.8. The van der Waals surface area contributed by atoms with Gasteiger partial charge in [-0.15, -0.1) is 0 Å². The van der Waals surface area contributed by atoms with Crippen LogP contribution in [-0.2, 0) is 0 Å². The summed E-state index contributed by atoms with van der Waals surface area (Å²) in [6.45, 7) is 0. The van der Waals surface area contributed by atoms with Crippen molar-refractivity contribution in [1.29, 1.82) is 0 Å². The van der Waals surface area contributed by atoms with Crippen LogP contribution in [0.25, 0.3) is 44.8 Å². The van der Waals surface area contributed by atoms with Crippen molar-refractivity contribution in [3.05, 3.63) is 105 Å². The SMILES string of the molecule is COc1cc([N+](=O)[O-])ccc1-c1ccc(C=Nn2c(-c3cc4c(OC)cccc4o3)nc3ccccc3c2=O)o1. The first-order chi connectivity index (χ1) is 19.5. The van der Waals surface area contributed by atoms with E-state index in [1.807, 2.05) is 12.1 Å². The first kappa shape index (κ1) is 24.6. The number of nitro benzene ring substituents is 1. The van der Waals surface area contributed by atoms with Gasteiger partial charge in [-0.1, -0.05) is 18.2 Å². The van der Waals surface area contributed by atoms with Crippen LogP contribution in [-0.4, -0.2) is 35.0 Å². The molecule has 3 aromatic carbocycles. The second-order valence-corrected chi connectivity index (χ2v) is 8.64. The Bertz CT molecular complexity index is 2000. The van der Waals surface area contributed by atoms with Crippen molar-refractivity contribution in [3.8, 4) is 34.4 Å². The average molecular weight is 537 g/mol. The van der Waals surface area contributed by atoms with E-state index in [9.17, 15) is 14.9 Å². The molecule has 0 N–H and O–H groups in total. The zero-order valence-corrected chi connectivity index (χ0v) is 21.2. The minimum atomic E-state index is -0.502. The van der Waals surface area contributed by atoms with Gasteiger partial charge in [0.1, 0.15) is 28.6 Å². The molecule has 198 valence electrons. The Morgan fingerprint density at radius 2 is 1.73 bits per heavy atom. The maximum Gasteiger partial charge on any atom is 0.282 e. The molecule has 6 rings (SSSR count).